The molecule has 0 N–H and O–H groups in total. The zero-order valence-corrected chi connectivity index (χ0v) is 15.5. The standard InChI is InChI=1S/C21H22F3NO3/c1-25(13-15-8-10-16(11-9-15)21(22,23)24)20(26)18-6-2-3-7-19(18)28-14-17-5-4-12-27-17/h2-3,6-11,17H,4-5,12-14H2,1H3. The maximum atomic E-state index is 12.8. The van der Waals surface area contributed by atoms with Gasteiger partial charge in [0.2, 0.25) is 0 Å². The number of para-hydroxylation sites is 1. The summed E-state index contributed by atoms with van der Waals surface area (Å²) in [5, 5.41) is 0. The van der Waals surface area contributed by atoms with Crippen molar-refractivity contribution in [3.63, 3.8) is 0 Å². The molecule has 0 radical (unpaired) electrons. The van der Waals surface area contributed by atoms with E-state index in [1.165, 1.54) is 17.0 Å². The first-order valence-corrected chi connectivity index (χ1v) is 9.09. The lowest BCUT2D eigenvalue weighted by molar-refractivity contribution is -0.137. The molecule has 0 saturated carbocycles. The van der Waals surface area contributed by atoms with Crippen LogP contribution in [0, 0.1) is 0 Å². The Bertz CT molecular complexity index is 799. The van der Waals surface area contributed by atoms with Gasteiger partial charge in [-0.25, -0.2) is 0 Å². The van der Waals surface area contributed by atoms with Crippen LogP contribution in [0.1, 0.15) is 34.3 Å². The molecule has 28 heavy (non-hydrogen) atoms. The highest BCUT2D eigenvalue weighted by molar-refractivity contribution is 5.96. The zero-order chi connectivity index (χ0) is 20.1. The number of ether oxygens (including phenoxy) is 2. The van der Waals surface area contributed by atoms with Crippen molar-refractivity contribution in [1.29, 1.82) is 0 Å². The average molecular weight is 393 g/mol. The predicted molar refractivity (Wildman–Crippen MR) is 98.2 cm³/mol. The Morgan fingerprint density at radius 1 is 1.18 bits per heavy atom. The lowest BCUT2D eigenvalue weighted by atomic mass is 10.1. The van der Waals surface area contributed by atoms with Crippen LogP contribution in [-0.4, -0.2) is 37.2 Å². The van der Waals surface area contributed by atoms with Crippen molar-refractivity contribution >= 4 is 5.91 Å². The quantitative estimate of drug-likeness (QED) is 0.724. The number of nitrogens with zero attached hydrogens (tertiary/aromatic N) is 1. The summed E-state index contributed by atoms with van der Waals surface area (Å²) in [6, 6.07) is 11.7. The van der Waals surface area contributed by atoms with Gasteiger partial charge < -0.3 is 14.4 Å². The summed E-state index contributed by atoms with van der Waals surface area (Å²) in [4.78, 5) is 14.3. The molecule has 0 spiro atoms. The molecule has 1 amide bonds. The molecule has 0 aromatic heterocycles. The van der Waals surface area contributed by atoms with Gasteiger partial charge in [-0.2, -0.15) is 13.2 Å². The van der Waals surface area contributed by atoms with Crippen molar-refractivity contribution < 1.29 is 27.4 Å². The minimum atomic E-state index is -4.38. The van der Waals surface area contributed by atoms with Gasteiger partial charge in [0.1, 0.15) is 12.4 Å². The SMILES string of the molecule is CN(Cc1ccc(C(F)(F)F)cc1)C(=O)c1ccccc1OCC1CCCO1. The molecule has 1 aliphatic rings. The third kappa shape index (κ3) is 5.04. The number of hydrogen-bond acceptors (Lipinski definition) is 3. The number of hydrogen-bond donors (Lipinski definition) is 0. The molecule has 1 atom stereocenters. The molecule has 1 heterocycles. The fourth-order valence-corrected chi connectivity index (χ4v) is 3.08. The first-order valence-electron chi connectivity index (χ1n) is 9.09. The number of carbonyl (C=O) groups excluding carboxylic acids is 1. The first kappa shape index (κ1) is 20.2. The number of carbonyl (C=O) groups is 1. The van der Waals surface area contributed by atoms with Gasteiger partial charge in [-0.05, 0) is 42.7 Å². The molecule has 3 rings (SSSR count). The molecule has 7 heteroatoms. The monoisotopic (exact) mass is 393 g/mol. The van der Waals surface area contributed by atoms with Crippen molar-refractivity contribution in [2.75, 3.05) is 20.3 Å². The third-order valence-electron chi connectivity index (χ3n) is 4.61. The van der Waals surface area contributed by atoms with Crippen LogP contribution >= 0.6 is 0 Å². The van der Waals surface area contributed by atoms with Crippen molar-refractivity contribution in [3.05, 3.63) is 65.2 Å². The number of amides is 1. The van der Waals surface area contributed by atoms with Crippen LogP contribution in [-0.2, 0) is 17.5 Å². The molecule has 0 bridgehead atoms. The molecule has 150 valence electrons. The van der Waals surface area contributed by atoms with Crippen LogP contribution in [0.5, 0.6) is 5.75 Å². The second-order valence-electron chi connectivity index (χ2n) is 6.80. The fourth-order valence-electron chi connectivity index (χ4n) is 3.08. The van der Waals surface area contributed by atoms with E-state index in [1.807, 2.05) is 0 Å². The Balaban J connectivity index is 1.65. The first-order chi connectivity index (χ1) is 13.3. The van der Waals surface area contributed by atoms with E-state index in [4.69, 9.17) is 9.47 Å². The number of halogens is 3. The summed E-state index contributed by atoms with van der Waals surface area (Å²) in [5.41, 5.74) is 0.314. The number of benzene rings is 2. The van der Waals surface area contributed by atoms with Gasteiger partial charge >= 0.3 is 6.18 Å². The van der Waals surface area contributed by atoms with Crippen molar-refractivity contribution in [2.45, 2.75) is 31.7 Å². The smallest absolute Gasteiger partial charge is 0.416 e. The lowest BCUT2D eigenvalue weighted by Crippen LogP contribution is -2.27. The van der Waals surface area contributed by atoms with E-state index in [9.17, 15) is 18.0 Å². The molecule has 1 fully saturated rings. The zero-order valence-electron chi connectivity index (χ0n) is 15.5. The third-order valence-corrected chi connectivity index (χ3v) is 4.61. The Morgan fingerprint density at radius 2 is 1.89 bits per heavy atom. The maximum absolute atomic E-state index is 12.8. The van der Waals surface area contributed by atoms with Gasteiger partial charge in [0.05, 0.1) is 17.2 Å². The summed E-state index contributed by atoms with van der Waals surface area (Å²) in [7, 11) is 1.61. The van der Waals surface area contributed by atoms with Gasteiger partial charge in [-0.1, -0.05) is 24.3 Å². The lowest BCUT2D eigenvalue weighted by Gasteiger charge is -2.20. The summed E-state index contributed by atoms with van der Waals surface area (Å²) >= 11 is 0. The highest BCUT2D eigenvalue weighted by Crippen LogP contribution is 2.29. The fraction of sp³-hybridized carbons (Fsp3) is 0.381. The van der Waals surface area contributed by atoms with E-state index in [0.29, 0.717) is 23.5 Å². The van der Waals surface area contributed by atoms with Crippen molar-refractivity contribution in [3.8, 4) is 5.75 Å². The van der Waals surface area contributed by atoms with Crippen molar-refractivity contribution in [2.24, 2.45) is 0 Å². The number of rotatable bonds is 6. The molecule has 1 aliphatic heterocycles. The Morgan fingerprint density at radius 3 is 2.54 bits per heavy atom. The van der Waals surface area contributed by atoms with Crippen LogP contribution < -0.4 is 4.74 Å². The van der Waals surface area contributed by atoms with E-state index in [1.54, 1.807) is 31.3 Å². The van der Waals surface area contributed by atoms with E-state index in [0.717, 1.165) is 31.6 Å². The second kappa shape index (κ2) is 8.65. The van der Waals surface area contributed by atoms with Crippen LogP contribution in [0.25, 0.3) is 0 Å². The van der Waals surface area contributed by atoms with E-state index in [2.05, 4.69) is 0 Å². The van der Waals surface area contributed by atoms with Gasteiger partial charge in [-0.3, -0.25) is 4.79 Å². The molecule has 1 unspecified atom stereocenters. The average Bonchev–Trinajstić information content (AvgIpc) is 3.19. The Labute approximate surface area is 161 Å². The summed E-state index contributed by atoms with van der Waals surface area (Å²) in [5.74, 6) is 0.213. The normalized spacial score (nSPS) is 16.8. The van der Waals surface area contributed by atoms with Crippen LogP contribution in [0.3, 0.4) is 0 Å². The molecular formula is C21H22F3NO3. The molecule has 2 aromatic carbocycles. The minimum absolute atomic E-state index is 0.0352. The van der Waals surface area contributed by atoms with Crippen LogP contribution in [0.2, 0.25) is 0 Å². The van der Waals surface area contributed by atoms with Gasteiger partial charge in [0, 0.05) is 20.2 Å². The maximum Gasteiger partial charge on any atom is 0.416 e. The number of alkyl halides is 3. The van der Waals surface area contributed by atoms with E-state index >= 15 is 0 Å². The van der Waals surface area contributed by atoms with Crippen molar-refractivity contribution in [1.82, 2.24) is 4.90 Å². The summed E-state index contributed by atoms with van der Waals surface area (Å²) in [6.07, 6.45) is -2.40. The summed E-state index contributed by atoms with van der Waals surface area (Å²) < 4.78 is 49.4. The highest BCUT2D eigenvalue weighted by Gasteiger charge is 2.30. The van der Waals surface area contributed by atoms with Crippen LogP contribution in [0.15, 0.2) is 48.5 Å². The van der Waals surface area contributed by atoms with Gasteiger partial charge in [-0.15, -0.1) is 0 Å². The van der Waals surface area contributed by atoms with E-state index in [-0.39, 0.29) is 18.6 Å². The molecule has 4 nitrogen and oxygen atoms in total. The van der Waals surface area contributed by atoms with Gasteiger partial charge in [0.15, 0.2) is 0 Å². The van der Waals surface area contributed by atoms with Gasteiger partial charge in [0.25, 0.3) is 5.91 Å². The molecule has 0 aliphatic carbocycles. The minimum Gasteiger partial charge on any atom is -0.490 e. The predicted octanol–water partition coefficient (Wildman–Crippen LogP) is 4.54. The topological polar surface area (TPSA) is 38.8 Å². The van der Waals surface area contributed by atoms with Crippen LogP contribution in [0.4, 0.5) is 13.2 Å². The highest BCUT2D eigenvalue weighted by atomic mass is 19.4. The largest absolute Gasteiger partial charge is 0.490 e. The molecule has 1 saturated heterocycles. The molecular weight excluding hydrogens is 371 g/mol. The Kier molecular flexibility index (Phi) is 6.24. The van der Waals surface area contributed by atoms with E-state index < -0.39 is 11.7 Å². The molecule has 2 aromatic rings. The second-order valence-corrected chi connectivity index (χ2v) is 6.80. The summed E-state index contributed by atoms with van der Waals surface area (Å²) in [6.45, 7) is 1.30. The Hall–Kier alpha value is -2.54.